The van der Waals surface area contributed by atoms with Crippen LogP contribution in [0.3, 0.4) is 0 Å². The van der Waals surface area contributed by atoms with Gasteiger partial charge in [-0.05, 0) is 33.6 Å². The van der Waals surface area contributed by atoms with Gasteiger partial charge >= 0.3 is 6.01 Å². The summed E-state index contributed by atoms with van der Waals surface area (Å²) in [6, 6.07) is 6.69. The van der Waals surface area contributed by atoms with Gasteiger partial charge in [0.1, 0.15) is 5.82 Å². The van der Waals surface area contributed by atoms with Crippen molar-refractivity contribution in [3.8, 4) is 6.01 Å². The second-order valence-electron chi connectivity index (χ2n) is 3.41. The van der Waals surface area contributed by atoms with Crippen LogP contribution in [0.25, 0.3) is 0 Å². The predicted octanol–water partition coefficient (Wildman–Crippen LogP) is 3.00. The minimum absolute atomic E-state index is 0.231. The third-order valence-corrected chi connectivity index (χ3v) is 2.54. The van der Waals surface area contributed by atoms with E-state index in [1.807, 2.05) is 0 Å². The SMILES string of the molecule is Fc1ccc(CCOc2ncc(Br)cn2)cc1. The minimum Gasteiger partial charge on any atom is -0.463 e. The highest BCUT2D eigenvalue weighted by Gasteiger charge is 1.98. The molecule has 1 heterocycles. The van der Waals surface area contributed by atoms with Crippen LogP contribution in [0.2, 0.25) is 0 Å². The molecule has 17 heavy (non-hydrogen) atoms. The van der Waals surface area contributed by atoms with E-state index in [9.17, 15) is 4.39 Å². The molecule has 0 N–H and O–H groups in total. The maximum absolute atomic E-state index is 12.7. The molecule has 5 heteroatoms. The summed E-state index contributed by atoms with van der Waals surface area (Å²) >= 11 is 3.24. The van der Waals surface area contributed by atoms with Crippen molar-refractivity contribution < 1.29 is 9.13 Å². The number of rotatable bonds is 4. The zero-order chi connectivity index (χ0) is 12.1. The Hall–Kier alpha value is -1.49. The molecule has 0 aliphatic heterocycles. The zero-order valence-corrected chi connectivity index (χ0v) is 10.5. The van der Waals surface area contributed by atoms with Gasteiger partial charge in [0.2, 0.25) is 0 Å². The lowest BCUT2D eigenvalue weighted by Gasteiger charge is -2.04. The fraction of sp³-hybridized carbons (Fsp3) is 0.167. The number of ether oxygens (including phenoxy) is 1. The molecule has 0 spiro atoms. The fourth-order valence-electron chi connectivity index (χ4n) is 1.29. The summed E-state index contributed by atoms with van der Waals surface area (Å²) in [7, 11) is 0. The molecule has 0 amide bonds. The summed E-state index contributed by atoms with van der Waals surface area (Å²) in [6.45, 7) is 0.466. The van der Waals surface area contributed by atoms with E-state index in [2.05, 4.69) is 25.9 Å². The summed E-state index contributed by atoms with van der Waals surface area (Å²) < 4.78 is 18.8. The molecule has 2 rings (SSSR count). The van der Waals surface area contributed by atoms with E-state index in [1.165, 1.54) is 12.1 Å². The molecular formula is C12H10BrFN2O. The van der Waals surface area contributed by atoms with Crippen LogP contribution in [0.15, 0.2) is 41.1 Å². The van der Waals surface area contributed by atoms with Crippen molar-refractivity contribution in [2.45, 2.75) is 6.42 Å². The first-order chi connectivity index (χ1) is 8.24. The average molecular weight is 297 g/mol. The van der Waals surface area contributed by atoms with E-state index in [1.54, 1.807) is 24.5 Å². The number of nitrogens with zero attached hydrogens (tertiary/aromatic N) is 2. The van der Waals surface area contributed by atoms with Gasteiger partial charge < -0.3 is 4.74 Å². The molecule has 0 saturated carbocycles. The normalized spacial score (nSPS) is 10.2. The summed E-state index contributed by atoms with van der Waals surface area (Å²) in [5.74, 6) is -0.231. The van der Waals surface area contributed by atoms with Crippen molar-refractivity contribution in [1.82, 2.24) is 9.97 Å². The minimum atomic E-state index is -0.231. The van der Waals surface area contributed by atoms with Gasteiger partial charge in [-0.15, -0.1) is 0 Å². The number of hydrogen-bond donors (Lipinski definition) is 0. The van der Waals surface area contributed by atoms with Gasteiger partial charge in [-0.25, -0.2) is 14.4 Å². The van der Waals surface area contributed by atoms with E-state index in [-0.39, 0.29) is 5.82 Å². The maximum Gasteiger partial charge on any atom is 0.316 e. The maximum atomic E-state index is 12.7. The molecule has 0 saturated heterocycles. The van der Waals surface area contributed by atoms with Crippen LogP contribution in [0, 0.1) is 5.82 Å². The van der Waals surface area contributed by atoms with Crippen LogP contribution in [0.5, 0.6) is 6.01 Å². The third-order valence-electron chi connectivity index (χ3n) is 2.13. The van der Waals surface area contributed by atoms with Gasteiger partial charge in [-0.3, -0.25) is 0 Å². The van der Waals surface area contributed by atoms with Crippen LogP contribution in [0.1, 0.15) is 5.56 Å². The highest BCUT2D eigenvalue weighted by Crippen LogP contribution is 2.09. The van der Waals surface area contributed by atoms with Gasteiger partial charge in [0.25, 0.3) is 0 Å². The molecule has 1 aromatic heterocycles. The highest BCUT2D eigenvalue weighted by molar-refractivity contribution is 9.10. The molecule has 0 aliphatic rings. The van der Waals surface area contributed by atoms with Crippen LogP contribution < -0.4 is 4.74 Å². The smallest absolute Gasteiger partial charge is 0.316 e. The van der Waals surface area contributed by atoms with Crippen LogP contribution in [-0.4, -0.2) is 16.6 Å². The predicted molar refractivity (Wildman–Crippen MR) is 65.3 cm³/mol. The van der Waals surface area contributed by atoms with Crippen molar-refractivity contribution >= 4 is 15.9 Å². The second-order valence-corrected chi connectivity index (χ2v) is 4.32. The summed E-state index contributed by atoms with van der Waals surface area (Å²) in [6.07, 6.45) is 3.94. The Balaban J connectivity index is 1.83. The molecule has 0 fully saturated rings. The Bertz CT molecular complexity index is 427. The molecule has 0 radical (unpaired) electrons. The summed E-state index contributed by atoms with van der Waals surface area (Å²) in [5, 5.41) is 0. The van der Waals surface area contributed by atoms with E-state index in [0.29, 0.717) is 19.0 Å². The van der Waals surface area contributed by atoms with Crippen molar-refractivity contribution in [2.75, 3.05) is 6.61 Å². The van der Waals surface area contributed by atoms with Gasteiger partial charge in [-0.1, -0.05) is 12.1 Å². The van der Waals surface area contributed by atoms with Crippen LogP contribution in [-0.2, 0) is 6.42 Å². The standard InChI is InChI=1S/C12H10BrFN2O/c13-10-7-15-12(16-8-10)17-6-5-9-1-3-11(14)4-2-9/h1-4,7-8H,5-6H2. The molecule has 3 nitrogen and oxygen atoms in total. The third kappa shape index (κ3) is 3.78. The first kappa shape index (κ1) is 12.0. The van der Waals surface area contributed by atoms with Crippen molar-refractivity contribution in [3.05, 3.63) is 52.5 Å². The Morgan fingerprint density at radius 2 is 1.76 bits per heavy atom. The first-order valence-electron chi connectivity index (χ1n) is 5.09. The van der Waals surface area contributed by atoms with Crippen molar-refractivity contribution in [3.63, 3.8) is 0 Å². The van der Waals surface area contributed by atoms with Gasteiger partial charge in [0.15, 0.2) is 0 Å². The fourth-order valence-corrected chi connectivity index (χ4v) is 1.49. The van der Waals surface area contributed by atoms with Crippen LogP contribution in [0.4, 0.5) is 4.39 Å². The second kappa shape index (κ2) is 5.72. The average Bonchev–Trinajstić information content (AvgIpc) is 2.34. The van der Waals surface area contributed by atoms with Gasteiger partial charge in [0, 0.05) is 18.8 Å². The number of benzene rings is 1. The van der Waals surface area contributed by atoms with Crippen molar-refractivity contribution in [1.29, 1.82) is 0 Å². The number of hydrogen-bond acceptors (Lipinski definition) is 3. The molecule has 88 valence electrons. The lowest BCUT2D eigenvalue weighted by atomic mass is 10.2. The van der Waals surface area contributed by atoms with E-state index < -0.39 is 0 Å². The lowest BCUT2D eigenvalue weighted by Crippen LogP contribution is -2.03. The largest absolute Gasteiger partial charge is 0.463 e. The molecule has 0 atom stereocenters. The van der Waals surface area contributed by atoms with E-state index >= 15 is 0 Å². The Kier molecular flexibility index (Phi) is 4.03. The molecule has 0 unspecified atom stereocenters. The van der Waals surface area contributed by atoms with Gasteiger partial charge in [-0.2, -0.15) is 0 Å². The first-order valence-corrected chi connectivity index (χ1v) is 5.88. The van der Waals surface area contributed by atoms with E-state index in [4.69, 9.17) is 4.74 Å². The number of aromatic nitrogens is 2. The highest BCUT2D eigenvalue weighted by atomic mass is 79.9. The summed E-state index contributed by atoms with van der Waals surface area (Å²) in [5.41, 5.74) is 1.02. The van der Waals surface area contributed by atoms with Crippen molar-refractivity contribution in [2.24, 2.45) is 0 Å². The number of halogens is 2. The Labute approximate surface area is 107 Å². The molecule has 0 bridgehead atoms. The Morgan fingerprint density at radius 3 is 2.41 bits per heavy atom. The van der Waals surface area contributed by atoms with E-state index in [0.717, 1.165) is 10.0 Å². The molecule has 1 aromatic carbocycles. The molecular weight excluding hydrogens is 287 g/mol. The molecule has 0 aliphatic carbocycles. The Morgan fingerprint density at radius 1 is 1.12 bits per heavy atom. The van der Waals surface area contributed by atoms with Crippen LogP contribution >= 0.6 is 15.9 Å². The quantitative estimate of drug-likeness (QED) is 0.870. The monoisotopic (exact) mass is 296 g/mol. The molecule has 2 aromatic rings. The zero-order valence-electron chi connectivity index (χ0n) is 8.94. The van der Waals surface area contributed by atoms with Gasteiger partial charge in [0.05, 0.1) is 11.1 Å². The lowest BCUT2D eigenvalue weighted by molar-refractivity contribution is 0.296. The summed E-state index contributed by atoms with van der Waals surface area (Å²) in [4.78, 5) is 7.97. The topological polar surface area (TPSA) is 35.0 Å².